The van der Waals surface area contributed by atoms with Gasteiger partial charge in [0.1, 0.15) is 5.75 Å². The molecule has 1 amide bonds. The standard InChI is InChI=1S/C25H25N3O6S/c1-33-21-12-14-22(15-13-21)35(31,32)26-17-16-24(30)34-18-23(29)27-28-25(19-8-4-2-5-9-19)20-10-6-3-7-11-20/h2-15,26H,16-18H2,1H3,(H,27,29). The number of methoxy groups -OCH3 is 1. The van der Waals surface area contributed by atoms with E-state index in [1.54, 1.807) is 0 Å². The van der Waals surface area contributed by atoms with Gasteiger partial charge in [-0.05, 0) is 24.3 Å². The van der Waals surface area contributed by atoms with Gasteiger partial charge in [0.2, 0.25) is 10.0 Å². The Hall–Kier alpha value is -4.02. The molecule has 0 aliphatic heterocycles. The maximum absolute atomic E-state index is 12.3. The van der Waals surface area contributed by atoms with Gasteiger partial charge < -0.3 is 9.47 Å². The summed E-state index contributed by atoms with van der Waals surface area (Å²) in [6.07, 6.45) is -0.245. The number of amides is 1. The lowest BCUT2D eigenvalue weighted by atomic mass is 10.0. The van der Waals surface area contributed by atoms with Crippen LogP contribution in [0.15, 0.2) is 94.9 Å². The molecule has 3 aromatic rings. The average molecular weight is 496 g/mol. The van der Waals surface area contributed by atoms with Gasteiger partial charge in [-0.15, -0.1) is 0 Å². The number of benzene rings is 3. The monoisotopic (exact) mass is 495 g/mol. The fraction of sp³-hybridized carbons (Fsp3) is 0.160. The van der Waals surface area contributed by atoms with E-state index < -0.39 is 28.5 Å². The van der Waals surface area contributed by atoms with Crippen LogP contribution >= 0.6 is 0 Å². The molecule has 0 atom stereocenters. The number of ether oxygens (including phenoxy) is 2. The van der Waals surface area contributed by atoms with Gasteiger partial charge in [-0.3, -0.25) is 9.59 Å². The summed E-state index contributed by atoms with van der Waals surface area (Å²) in [4.78, 5) is 24.2. The van der Waals surface area contributed by atoms with Crippen LogP contribution in [0.4, 0.5) is 0 Å². The van der Waals surface area contributed by atoms with Crippen molar-refractivity contribution < 1.29 is 27.5 Å². The highest BCUT2D eigenvalue weighted by molar-refractivity contribution is 7.89. The van der Waals surface area contributed by atoms with Crippen molar-refractivity contribution in [3.05, 3.63) is 96.1 Å². The highest BCUT2D eigenvalue weighted by Crippen LogP contribution is 2.15. The van der Waals surface area contributed by atoms with E-state index in [4.69, 9.17) is 9.47 Å². The molecular weight excluding hydrogens is 470 g/mol. The van der Waals surface area contributed by atoms with Crippen LogP contribution in [-0.2, 0) is 24.3 Å². The number of carbonyl (C=O) groups excluding carboxylic acids is 2. The summed E-state index contributed by atoms with van der Waals surface area (Å²) in [6.45, 7) is -0.733. The van der Waals surface area contributed by atoms with Gasteiger partial charge in [0.15, 0.2) is 6.61 Å². The third-order valence-electron chi connectivity index (χ3n) is 4.74. The van der Waals surface area contributed by atoms with Crippen molar-refractivity contribution in [1.82, 2.24) is 10.1 Å². The fourth-order valence-corrected chi connectivity index (χ4v) is 4.01. The first-order valence-corrected chi connectivity index (χ1v) is 12.1. The zero-order chi connectivity index (χ0) is 25.1. The Morgan fingerprint density at radius 1 is 0.857 bits per heavy atom. The predicted octanol–water partition coefficient (Wildman–Crippen LogP) is 2.48. The molecular formula is C25H25N3O6S. The topological polar surface area (TPSA) is 123 Å². The Labute approximate surface area is 203 Å². The number of nitrogens with zero attached hydrogens (tertiary/aromatic N) is 1. The summed E-state index contributed by atoms with van der Waals surface area (Å²) in [5.41, 5.74) is 4.56. The van der Waals surface area contributed by atoms with Crippen LogP contribution in [0.1, 0.15) is 17.5 Å². The van der Waals surface area contributed by atoms with E-state index in [1.807, 2.05) is 60.7 Å². The molecule has 0 radical (unpaired) electrons. The lowest BCUT2D eigenvalue weighted by Crippen LogP contribution is -2.29. The summed E-state index contributed by atoms with van der Waals surface area (Å²) in [5.74, 6) is -0.829. The van der Waals surface area contributed by atoms with E-state index >= 15 is 0 Å². The lowest BCUT2D eigenvalue weighted by Gasteiger charge is -2.09. The molecule has 182 valence electrons. The molecule has 0 spiro atoms. The summed E-state index contributed by atoms with van der Waals surface area (Å²) < 4.78 is 36.8. The van der Waals surface area contributed by atoms with Crippen molar-refractivity contribution in [1.29, 1.82) is 0 Å². The average Bonchev–Trinajstić information content (AvgIpc) is 2.89. The van der Waals surface area contributed by atoms with Gasteiger partial charge in [0.25, 0.3) is 5.91 Å². The molecule has 3 rings (SSSR count). The lowest BCUT2D eigenvalue weighted by molar-refractivity contribution is -0.148. The molecule has 10 heteroatoms. The molecule has 0 aliphatic carbocycles. The first kappa shape index (κ1) is 25.6. The van der Waals surface area contributed by atoms with Crippen molar-refractivity contribution >= 4 is 27.6 Å². The Kier molecular flexibility index (Phi) is 9.10. The van der Waals surface area contributed by atoms with Crippen LogP contribution < -0.4 is 14.9 Å². The summed E-state index contributed by atoms with van der Waals surface area (Å²) in [7, 11) is -2.32. The Balaban J connectivity index is 1.48. The van der Waals surface area contributed by atoms with Gasteiger partial charge in [-0.25, -0.2) is 18.6 Å². The predicted molar refractivity (Wildman–Crippen MR) is 130 cm³/mol. The van der Waals surface area contributed by atoms with Crippen LogP contribution in [-0.4, -0.2) is 46.3 Å². The summed E-state index contributed by atoms with van der Waals surface area (Å²) >= 11 is 0. The van der Waals surface area contributed by atoms with E-state index in [1.165, 1.54) is 31.4 Å². The Bertz CT molecular complexity index is 1220. The minimum absolute atomic E-state index is 0.0385. The number of nitrogens with one attached hydrogen (secondary N) is 2. The zero-order valence-electron chi connectivity index (χ0n) is 19.0. The molecule has 0 saturated heterocycles. The first-order valence-electron chi connectivity index (χ1n) is 10.7. The Morgan fingerprint density at radius 2 is 1.43 bits per heavy atom. The van der Waals surface area contributed by atoms with Crippen molar-refractivity contribution in [3.8, 4) is 5.75 Å². The van der Waals surface area contributed by atoms with Gasteiger partial charge in [-0.2, -0.15) is 5.10 Å². The fourth-order valence-electron chi connectivity index (χ4n) is 2.98. The van der Waals surface area contributed by atoms with Crippen LogP contribution in [0.3, 0.4) is 0 Å². The van der Waals surface area contributed by atoms with Gasteiger partial charge in [0, 0.05) is 17.7 Å². The van der Waals surface area contributed by atoms with Crippen LogP contribution in [0.2, 0.25) is 0 Å². The smallest absolute Gasteiger partial charge is 0.307 e. The minimum atomic E-state index is -3.79. The molecule has 35 heavy (non-hydrogen) atoms. The quantitative estimate of drug-likeness (QED) is 0.239. The van der Waals surface area contributed by atoms with Gasteiger partial charge in [0.05, 0.1) is 24.1 Å². The van der Waals surface area contributed by atoms with Gasteiger partial charge in [-0.1, -0.05) is 60.7 Å². The second kappa shape index (κ2) is 12.4. The van der Waals surface area contributed by atoms with Crippen molar-refractivity contribution in [2.24, 2.45) is 5.10 Å². The molecule has 0 aromatic heterocycles. The highest BCUT2D eigenvalue weighted by atomic mass is 32.2. The molecule has 0 bridgehead atoms. The number of rotatable bonds is 11. The molecule has 9 nitrogen and oxygen atoms in total. The largest absolute Gasteiger partial charge is 0.497 e. The number of sulfonamides is 1. The van der Waals surface area contributed by atoms with E-state index in [2.05, 4.69) is 15.2 Å². The molecule has 0 unspecified atom stereocenters. The number of carbonyl (C=O) groups is 2. The van der Waals surface area contributed by atoms with Crippen molar-refractivity contribution in [3.63, 3.8) is 0 Å². The second-order valence-electron chi connectivity index (χ2n) is 7.21. The van der Waals surface area contributed by atoms with Crippen LogP contribution in [0.5, 0.6) is 5.75 Å². The van der Waals surface area contributed by atoms with E-state index in [0.717, 1.165) is 11.1 Å². The molecule has 0 heterocycles. The van der Waals surface area contributed by atoms with Crippen molar-refractivity contribution in [2.75, 3.05) is 20.3 Å². The van der Waals surface area contributed by atoms with E-state index in [9.17, 15) is 18.0 Å². The molecule has 0 fully saturated rings. The number of hydrazone groups is 1. The Morgan fingerprint density at radius 3 is 1.97 bits per heavy atom. The van der Waals surface area contributed by atoms with Gasteiger partial charge >= 0.3 is 5.97 Å². The van der Waals surface area contributed by atoms with E-state index in [0.29, 0.717) is 11.5 Å². The zero-order valence-corrected chi connectivity index (χ0v) is 19.8. The molecule has 2 N–H and O–H groups in total. The third-order valence-corrected chi connectivity index (χ3v) is 6.22. The molecule has 0 aliphatic rings. The highest BCUT2D eigenvalue weighted by Gasteiger charge is 2.15. The van der Waals surface area contributed by atoms with E-state index in [-0.39, 0.29) is 17.9 Å². The van der Waals surface area contributed by atoms with Crippen molar-refractivity contribution in [2.45, 2.75) is 11.3 Å². The maximum atomic E-state index is 12.3. The summed E-state index contributed by atoms with van der Waals surface area (Å²) in [6, 6.07) is 24.5. The second-order valence-corrected chi connectivity index (χ2v) is 8.98. The first-order chi connectivity index (χ1) is 16.9. The number of hydrogen-bond donors (Lipinski definition) is 2. The number of esters is 1. The molecule has 0 saturated carbocycles. The third kappa shape index (κ3) is 7.76. The normalized spacial score (nSPS) is 10.8. The maximum Gasteiger partial charge on any atom is 0.307 e. The minimum Gasteiger partial charge on any atom is -0.497 e. The molecule has 3 aromatic carbocycles. The van der Waals surface area contributed by atoms with Crippen LogP contribution in [0, 0.1) is 0 Å². The summed E-state index contributed by atoms with van der Waals surface area (Å²) in [5, 5.41) is 4.21. The van der Waals surface area contributed by atoms with Crippen LogP contribution in [0.25, 0.3) is 0 Å². The SMILES string of the molecule is COc1ccc(S(=O)(=O)NCCC(=O)OCC(=O)NN=C(c2ccccc2)c2ccccc2)cc1. The number of hydrogen-bond acceptors (Lipinski definition) is 7.